The molecule has 0 bridgehead atoms. The molecule has 0 amide bonds. The fraction of sp³-hybridized carbons (Fsp3) is 0.778. The zero-order valence-corrected chi connectivity index (χ0v) is 9.52. The fourth-order valence-corrected chi connectivity index (χ4v) is 1.53. The van der Waals surface area contributed by atoms with E-state index >= 15 is 0 Å². The molecule has 10 heavy (non-hydrogen) atoms. The van der Waals surface area contributed by atoms with Crippen LogP contribution >= 0.6 is 0 Å². The van der Waals surface area contributed by atoms with Crippen molar-refractivity contribution in [3.8, 4) is 0 Å². The second kappa shape index (κ2) is 5.72. The molecule has 0 atom stereocenters. The Morgan fingerprint density at radius 3 is 1.80 bits per heavy atom. The van der Waals surface area contributed by atoms with Gasteiger partial charge < -0.3 is 13.8 Å². The third kappa shape index (κ3) is 2.62. The predicted octanol–water partition coefficient (Wildman–Crippen LogP) is 2.85. The summed E-state index contributed by atoms with van der Waals surface area (Å²) in [6.45, 7) is 7.84. The van der Waals surface area contributed by atoms with E-state index in [0.717, 1.165) is 24.7 Å². The van der Waals surface area contributed by atoms with Crippen molar-refractivity contribution in [2.24, 2.45) is 11.8 Å². The Hall–Kier alpha value is 1.10. The molecule has 0 saturated heterocycles. The molecular weight excluding hydrogens is 197 g/mol. The summed E-state index contributed by atoms with van der Waals surface area (Å²) < 4.78 is 0. The molecule has 1 saturated carbocycles. The smallest absolute Gasteiger partial charge is 0 e. The van der Waals surface area contributed by atoms with Crippen LogP contribution in [0.25, 0.3) is 0 Å². The molecule has 1 rings (SSSR count). The van der Waals surface area contributed by atoms with Crippen molar-refractivity contribution in [1.82, 2.24) is 0 Å². The van der Waals surface area contributed by atoms with Gasteiger partial charge in [0.15, 0.2) is 0 Å². The summed E-state index contributed by atoms with van der Waals surface area (Å²) in [5.74, 6) is 1.82. The van der Waals surface area contributed by atoms with Crippen LogP contribution in [-0.2, 0) is 32.7 Å². The first-order chi connectivity index (χ1) is 4.38. The van der Waals surface area contributed by atoms with E-state index in [1.807, 2.05) is 0 Å². The van der Waals surface area contributed by atoms with Crippen LogP contribution in [0.15, 0.2) is 0 Å². The zero-order valence-electron chi connectivity index (χ0n) is 6.68. The molecule has 1 aliphatic rings. The summed E-state index contributed by atoms with van der Waals surface area (Å²) in [5.41, 5.74) is 0. The molecule has 0 aromatic heterocycles. The average Bonchev–Trinajstić information content (AvgIpc) is 1.78. The van der Waals surface area contributed by atoms with Gasteiger partial charge in [-0.3, -0.25) is 0 Å². The van der Waals surface area contributed by atoms with E-state index in [-0.39, 0.29) is 32.7 Å². The van der Waals surface area contributed by atoms with Crippen LogP contribution in [0.2, 0.25) is 0 Å². The van der Waals surface area contributed by atoms with Gasteiger partial charge in [0.05, 0.1) is 0 Å². The first-order valence-electron chi connectivity index (χ1n) is 3.97. The van der Waals surface area contributed by atoms with Crippen LogP contribution in [0, 0.1) is 25.7 Å². The second-order valence-electron chi connectivity index (χ2n) is 3.03. The van der Waals surface area contributed by atoms with E-state index in [2.05, 4.69) is 13.8 Å². The number of hydrogen-bond acceptors (Lipinski definition) is 0. The maximum absolute atomic E-state index is 3.92. The van der Waals surface area contributed by atoms with Crippen LogP contribution in [0.1, 0.15) is 32.1 Å². The summed E-state index contributed by atoms with van der Waals surface area (Å²) in [4.78, 5) is 0. The van der Waals surface area contributed by atoms with Gasteiger partial charge in [0, 0.05) is 32.7 Å². The van der Waals surface area contributed by atoms with Crippen molar-refractivity contribution < 1.29 is 32.7 Å². The minimum atomic E-state index is 0. The monoisotopic (exact) mass is 213 g/mol. The molecule has 57 valence electrons. The molecule has 1 aliphatic carbocycles. The normalized spacial score (nSPS) is 18.3. The van der Waals surface area contributed by atoms with Gasteiger partial charge in [0.2, 0.25) is 0 Å². The molecular formula is C9H16Y-2. The molecule has 0 heterocycles. The molecule has 1 heteroatoms. The third-order valence-electron chi connectivity index (χ3n) is 2.56. The minimum Gasteiger partial charge on any atom is -0.343 e. The Morgan fingerprint density at radius 1 is 1.20 bits per heavy atom. The molecule has 0 spiro atoms. The van der Waals surface area contributed by atoms with Gasteiger partial charge in [-0.15, -0.1) is 0 Å². The summed E-state index contributed by atoms with van der Waals surface area (Å²) >= 11 is 0. The quantitative estimate of drug-likeness (QED) is 0.632. The number of rotatable bonds is 3. The van der Waals surface area contributed by atoms with Crippen LogP contribution in [-0.4, -0.2) is 0 Å². The molecule has 0 unspecified atom stereocenters. The van der Waals surface area contributed by atoms with Gasteiger partial charge in [-0.1, -0.05) is 25.2 Å². The maximum atomic E-state index is 3.92. The SMILES string of the molecule is [CH2-]CC(C[CH2-])C1CCC1.[Y]. The predicted molar refractivity (Wildman–Crippen MR) is 40.8 cm³/mol. The van der Waals surface area contributed by atoms with Crippen molar-refractivity contribution >= 4 is 0 Å². The van der Waals surface area contributed by atoms with E-state index in [4.69, 9.17) is 0 Å². The topological polar surface area (TPSA) is 0 Å². The van der Waals surface area contributed by atoms with Crippen molar-refractivity contribution in [1.29, 1.82) is 0 Å². The van der Waals surface area contributed by atoms with Crippen molar-refractivity contribution in [2.45, 2.75) is 32.1 Å². The Kier molecular flexibility index (Phi) is 6.35. The maximum Gasteiger partial charge on any atom is 0 e. The van der Waals surface area contributed by atoms with Crippen molar-refractivity contribution in [3.63, 3.8) is 0 Å². The first kappa shape index (κ1) is 11.1. The van der Waals surface area contributed by atoms with Gasteiger partial charge in [-0.25, -0.2) is 0 Å². The third-order valence-corrected chi connectivity index (χ3v) is 2.56. The van der Waals surface area contributed by atoms with Crippen LogP contribution in [0.4, 0.5) is 0 Å². The van der Waals surface area contributed by atoms with Crippen molar-refractivity contribution in [3.05, 3.63) is 13.8 Å². The van der Waals surface area contributed by atoms with Gasteiger partial charge in [0.1, 0.15) is 0 Å². The van der Waals surface area contributed by atoms with E-state index in [0.29, 0.717) is 0 Å². The Balaban J connectivity index is 0.000000810. The van der Waals surface area contributed by atoms with E-state index in [9.17, 15) is 0 Å². The van der Waals surface area contributed by atoms with Gasteiger partial charge in [-0.2, -0.15) is 12.8 Å². The van der Waals surface area contributed by atoms with Crippen LogP contribution < -0.4 is 0 Å². The molecule has 1 fully saturated rings. The zero-order chi connectivity index (χ0) is 6.69. The first-order valence-corrected chi connectivity index (χ1v) is 3.97. The Morgan fingerprint density at radius 2 is 1.70 bits per heavy atom. The van der Waals surface area contributed by atoms with Gasteiger partial charge in [-0.05, 0) is 5.92 Å². The molecule has 1 radical (unpaired) electrons. The molecule has 0 nitrogen and oxygen atoms in total. The fourth-order valence-electron chi connectivity index (χ4n) is 1.53. The molecule has 0 aromatic rings. The standard InChI is InChI=1S/C9H16.Y/c1-3-8(4-2)9-6-5-7-9;/h8-9H,1-7H2;/q-2;. The average molecular weight is 213 g/mol. The van der Waals surface area contributed by atoms with E-state index in [1.54, 1.807) is 0 Å². The summed E-state index contributed by atoms with van der Waals surface area (Å²) in [6, 6.07) is 0. The summed E-state index contributed by atoms with van der Waals surface area (Å²) in [6.07, 6.45) is 6.51. The molecule has 0 aromatic carbocycles. The number of hydrogen-bond donors (Lipinski definition) is 0. The van der Waals surface area contributed by atoms with Crippen LogP contribution in [0.3, 0.4) is 0 Å². The van der Waals surface area contributed by atoms with E-state index in [1.165, 1.54) is 19.3 Å². The van der Waals surface area contributed by atoms with Gasteiger partial charge >= 0.3 is 0 Å². The summed E-state index contributed by atoms with van der Waals surface area (Å²) in [5, 5.41) is 0. The largest absolute Gasteiger partial charge is 0.343 e. The summed E-state index contributed by atoms with van der Waals surface area (Å²) in [7, 11) is 0. The van der Waals surface area contributed by atoms with E-state index < -0.39 is 0 Å². The second-order valence-corrected chi connectivity index (χ2v) is 3.03. The Bertz CT molecular complexity index is 72.8. The van der Waals surface area contributed by atoms with Gasteiger partial charge in [0.25, 0.3) is 0 Å². The van der Waals surface area contributed by atoms with Crippen molar-refractivity contribution in [2.75, 3.05) is 0 Å². The minimum absolute atomic E-state index is 0. The van der Waals surface area contributed by atoms with Crippen LogP contribution in [0.5, 0.6) is 0 Å². The molecule has 0 aliphatic heterocycles. The molecule has 0 N–H and O–H groups in total. The Labute approximate surface area is 90.0 Å².